The third-order valence-electron chi connectivity index (χ3n) is 2.38. The minimum atomic E-state index is -1.42. The van der Waals surface area contributed by atoms with Gasteiger partial charge in [0.15, 0.2) is 16.5 Å². The number of nitrogens with zero attached hydrogens (tertiary/aromatic N) is 2. The molecule has 0 aromatic heterocycles. The van der Waals surface area contributed by atoms with Crippen molar-refractivity contribution < 1.29 is 4.79 Å². The van der Waals surface area contributed by atoms with E-state index in [1.54, 1.807) is 6.92 Å². The molecule has 100 valence electrons. The second-order valence-electron chi connectivity index (χ2n) is 6.69. The Morgan fingerprint density at radius 3 is 1.65 bits per heavy atom. The first kappa shape index (κ1) is 16.6. The van der Waals surface area contributed by atoms with Gasteiger partial charge in [0.2, 0.25) is 0 Å². The zero-order chi connectivity index (χ0) is 13.9. The average molecular weight is 273 g/mol. The molecule has 0 radical (unpaired) electrons. The molecule has 0 aliphatic heterocycles. The van der Waals surface area contributed by atoms with E-state index in [0.717, 1.165) is 12.1 Å². The molecule has 0 fully saturated rings. The average Bonchev–Trinajstić information content (AvgIpc) is 2.07. The lowest BCUT2D eigenvalue weighted by Crippen LogP contribution is -2.56. The maximum Gasteiger partial charge on any atom is 0.158 e. The van der Waals surface area contributed by atoms with Crippen LogP contribution >= 0.6 is 0 Å². The molecule has 0 aromatic rings. The third kappa shape index (κ3) is 6.78. The fourth-order valence-corrected chi connectivity index (χ4v) is 10.9. The summed E-state index contributed by atoms with van der Waals surface area (Å²) in [5.74, 6) is 0.243. The van der Waals surface area contributed by atoms with Crippen LogP contribution in [0.25, 0.3) is 0 Å². The van der Waals surface area contributed by atoms with Crippen LogP contribution in [0, 0.1) is 0 Å². The molecule has 0 atom stereocenters. The highest BCUT2D eigenvalue weighted by atomic mass is 28.4. The Morgan fingerprint density at radius 1 is 0.941 bits per heavy atom. The van der Waals surface area contributed by atoms with Crippen LogP contribution < -0.4 is 0 Å². The molecule has 0 unspecified atom stereocenters. The smallest absolute Gasteiger partial charge is 0.158 e. The van der Waals surface area contributed by atoms with E-state index in [-0.39, 0.29) is 5.78 Å². The van der Waals surface area contributed by atoms with E-state index in [9.17, 15) is 4.79 Å². The summed E-state index contributed by atoms with van der Waals surface area (Å²) in [7, 11) is -2.84. The quantitative estimate of drug-likeness (QED) is 0.419. The monoisotopic (exact) mass is 272 g/mol. The fourth-order valence-electron chi connectivity index (χ4n) is 1.88. The van der Waals surface area contributed by atoms with E-state index in [2.05, 4.69) is 43.6 Å². The Hall–Kier alpha value is -0.426. The molecular weight excluding hydrogens is 244 g/mol. The molecule has 0 aliphatic rings. The van der Waals surface area contributed by atoms with Gasteiger partial charge in [0.1, 0.15) is 5.78 Å². The minimum Gasteiger partial charge on any atom is -0.350 e. The van der Waals surface area contributed by atoms with Gasteiger partial charge in [-0.1, -0.05) is 39.3 Å². The van der Waals surface area contributed by atoms with E-state index in [4.69, 9.17) is 5.10 Å². The van der Waals surface area contributed by atoms with Crippen molar-refractivity contribution in [1.29, 1.82) is 0 Å². The van der Waals surface area contributed by atoms with Gasteiger partial charge in [-0.25, -0.2) is 5.10 Å². The molecule has 0 amide bonds. The van der Waals surface area contributed by atoms with E-state index in [1.807, 2.05) is 6.92 Å². The van der Waals surface area contributed by atoms with Crippen LogP contribution in [0.1, 0.15) is 26.7 Å². The summed E-state index contributed by atoms with van der Waals surface area (Å²) in [4.78, 5) is 11.0. The predicted octanol–water partition coefficient (Wildman–Crippen LogP) is 3.70. The number of rotatable bonds is 6. The molecule has 0 heterocycles. The summed E-state index contributed by atoms with van der Waals surface area (Å²) >= 11 is 0. The van der Waals surface area contributed by atoms with E-state index in [0.29, 0.717) is 6.42 Å². The molecule has 0 bridgehead atoms. The lowest BCUT2D eigenvalue weighted by molar-refractivity contribution is -0.116. The molecule has 0 saturated heterocycles. The van der Waals surface area contributed by atoms with Gasteiger partial charge in [0.25, 0.3) is 0 Å². The van der Waals surface area contributed by atoms with Gasteiger partial charge in [-0.15, -0.1) is 0 Å². The van der Waals surface area contributed by atoms with Gasteiger partial charge < -0.3 is 9.13 Å². The first-order chi connectivity index (χ1) is 7.44. The lowest BCUT2D eigenvalue weighted by Gasteiger charge is -2.41. The van der Waals surface area contributed by atoms with Gasteiger partial charge in [-0.2, -0.15) is 0 Å². The number of carbonyl (C=O) groups excluding carboxylic acids is 1. The second kappa shape index (κ2) is 5.95. The Labute approximate surface area is 108 Å². The van der Waals surface area contributed by atoms with E-state index >= 15 is 0 Å². The van der Waals surface area contributed by atoms with Crippen molar-refractivity contribution in [2.24, 2.45) is 5.10 Å². The minimum absolute atomic E-state index is 0.243. The van der Waals surface area contributed by atoms with E-state index < -0.39 is 16.5 Å². The summed E-state index contributed by atoms with van der Waals surface area (Å²) in [6.45, 7) is 17.6. The molecule has 5 heteroatoms. The fraction of sp³-hybridized carbons (Fsp3) is 0.833. The molecule has 0 aliphatic carbocycles. The predicted molar refractivity (Wildman–Crippen MR) is 81.6 cm³/mol. The summed E-state index contributed by atoms with van der Waals surface area (Å²) in [6, 6.07) is 0. The SMILES string of the molecule is CC(=O)CCC(C)=NN([Si](C)(C)C)[Si](C)(C)C. The normalized spacial score (nSPS) is 13.8. The molecule has 0 saturated carbocycles. The first-order valence-corrected chi connectivity index (χ1v) is 13.2. The maximum absolute atomic E-state index is 11.0. The molecule has 0 aromatic carbocycles. The van der Waals surface area contributed by atoms with Crippen LogP contribution in [-0.4, -0.2) is 32.3 Å². The van der Waals surface area contributed by atoms with Crippen LogP contribution in [0.5, 0.6) is 0 Å². The molecular formula is C12H28N2OSi2. The third-order valence-corrected chi connectivity index (χ3v) is 9.15. The Bertz CT molecular complexity index is 287. The number of carbonyl (C=O) groups is 1. The molecule has 3 nitrogen and oxygen atoms in total. The van der Waals surface area contributed by atoms with Crippen molar-refractivity contribution in [3.63, 3.8) is 0 Å². The van der Waals surface area contributed by atoms with Gasteiger partial charge in [0.05, 0.1) is 0 Å². The van der Waals surface area contributed by atoms with Gasteiger partial charge in [-0.3, -0.25) is 0 Å². The van der Waals surface area contributed by atoms with Crippen LogP contribution in [0.3, 0.4) is 0 Å². The van der Waals surface area contributed by atoms with Crippen LogP contribution in [0.2, 0.25) is 39.3 Å². The second-order valence-corrected chi connectivity index (χ2v) is 16.7. The largest absolute Gasteiger partial charge is 0.350 e. The lowest BCUT2D eigenvalue weighted by atomic mass is 10.2. The number of ketones is 1. The highest BCUT2D eigenvalue weighted by Gasteiger charge is 2.33. The van der Waals surface area contributed by atoms with Crippen molar-refractivity contribution >= 4 is 28.0 Å². The maximum atomic E-state index is 11.0. The van der Waals surface area contributed by atoms with Crippen molar-refractivity contribution in [1.82, 2.24) is 4.34 Å². The van der Waals surface area contributed by atoms with Gasteiger partial charge >= 0.3 is 0 Å². The summed E-state index contributed by atoms with van der Waals surface area (Å²) in [6.07, 6.45) is 1.40. The van der Waals surface area contributed by atoms with Crippen molar-refractivity contribution in [3.8, 4) is 0 Å². The van der Waals surface area contributed by atoms with Crippen molar-refractivity contribution in [2.45, 2.75) is 66.0 Å². The summed E-state index contributed by atoms with van der Waals surface area (Å²) in [5, 5.41) is 4.81. The van der Waals surface area contributed by atoms with Crippen LogP contribution in [-0.2, 0) is 4.79 Å². The zero-order valence-electron chi connectivity index (χ0n) is 12.7. The zero-order valence-corrected chi connectivity index (χ0v) is 14.7. The molecule has 0 spiro atoms. The highest BCUT2D eigenvalue weighted by Crippen LogP contribution is 2.20. The van der Waals surface area contributed by atoms with Gasteiger partial charge in [0, 0.05) is 12.1 Å². The standard InChI is InChI=1S/C12H28N2OSi2/c1-11(9-10-12(2)15)13-14(16(3,4)5)17(6,7)8/h9-10H2,1-8H3. The van der Waals surface area contributed by atoms with Gasteiger partial charge in [-0.05, 0) is 20.3 Å². The number of hydrogen-bond acceptors (Lipinski definition) is 3. The Kier molecular flexibility index (Phi) is 5.80. The Balaban J connectivity index is 4.86. The van der Waals surface area contributed by atoms with E-state index in [1.165, 1.54) is 0 Å². The van der Waals surface area contributed by atoms with Crippen LogP contribution in [0.4, 0.5) is 0 Å². The molecule has 0 N–H and O–H groups in total. The molecule has 17 heavy (non-hydrogen) atoms. The van der Waals surface area contributed by atoms with Crippen LogP contribution in [0.15, 0.2) is 5.10 Å². The number of hydrazone groups is 1. The first-order valence-electron chi connectivity index (χ1n) is 6.28. The highest BCUT2D eigenvalue weighted by molar-refractivity contribution is 6.89. The summed E-state index contributed by atoms with van der Waals surface area (Å²) in [5.41, 5.74) is 1.09. The number of Topliss-reactive ketones (excluding diaryl/α,β-unsaturated/α-hetero) is 1. The van der Waals surface area contributed by atoms with Crippen molar-refractivity contribution in [2.75, 3.05) is 0 Å². The van der Waals surface area contributed by atoms with Crippen molar-refractivity contribution in [3.05, 3.63) is 0 Å². The number of hydrogen-bond donors (Lipinski definition) is 0. The Morgan fingerprint density at radius 2 is 1.35 bits per heavy atom. The molecule has 0 rings (SSSR count). The summed E-state index contributed by atoms with van der Waals surface area (Å²) < 4.78 is 2.40. The topological polar surface area (TPSA) is 32.7 Å².